The van der Waals surface area contributed by atoms with Crippen LogP contribution in [0, 0.1) is 6.92 Å². The van der Waals surface area contributed by atoms with Crippen LogP contribution in [0.15, 0.2) is 53.4 Å². The quantitative estimate of drug-likeness (QED) is 0.815. The summed E-state index contributed by atoms with van der Waals surface area (Å²) in [5.41, 5.74) is 1.09. The molecule has 1 N–H and O–H groups in total. The van der Waals surface area contributed by atoms with Crippen molar-refractivity contribution in [3.05, 3.63) is 59.7 Å². The van der Waals surface area contributed by atoms with Gasteiger partial charge in [0.15, 0.2) is 6.10 Å². The topological polar surface area (TPSA) is 89.9 Å². The highest BCUT2D eigenvalue weighted by Gasteiger charge is 2.28. The van der Waals surface area contributed by atoms with Gasteiger partial charge in [-0.1, -0.05) is 29.8 Å². The molecule has 1 atom stereocenters. The Bertz CT molecular complexity index is 778. The maximum atomic E-state index is 12.2. The van der Waals surface area contributed by atoms with Gasteiger partial charge in [-0.05, 0) is 36.8 Å². The Morgan fingerprint density at radius 1 is 1.04 bits per heavy atom. The Morgan fingerprint density at radius 3 is 2.09 bits per heavy atom. The van der Waals surface area contributed by atoms with E-state index in [1.165, 1.54) is 43.5 Å². The second kappa shape index (κ2) is 6.80. The molecule has 0 spiro atoms. The van der Waals surface area contributed by atoms with Crippen molar-refractivity contribution in [1.29, 1.82) is 0 Å². The van der Waals surface area contributed by atoms with E-state index in [4.69, 9.17) is 8.92 Å². The third-order valence-corrected chi connectivity index (χ3v) is 4.47. The van der Waals surface area contributed by atoms with E-state index in [0.29, 0.717) is 5.75 Å². The van der Waals surface area contributed by atoms with Gasteiger partial charge in [0, 0.05) is 0 Å². The molecule has 1 unspecified atom stereocenters. The van der Waals surface area contributed by atoms with E-state index in [0.717, 1.165) is 5.56 Å². The second-order valence-corrected chi connectivity index (χ2v) is 6.43. The summed E-state index contributed by atoms with van der Waals surface area (Å²) in [4.78, 5) is 11.3. The normalized spacial score (nSPS) is 12.6. The van der Waals surface area contributed by atoms with E-state index in [2.05, 4.69) is 0 Å². The van der Waals surface area contributed by atoms with Gasteiger partial charge in [-0.25, -0.2) is 8.98 Å². The number of carbonyl (C=O) groups is 1. The van der Waals surface area contributed by atoms with E-state index in [1.54, 1.807) is 12.1 Å². The molecule has 0 saturated carbocycles. The van der Waals surface area contributed by atoms with Crippen molar-refractivity contribution < 1.29 is 27.2 Å². The Hall–Kier alpha value is -2.38. The first-order valence-electron chi connectivity index (χ1n) is 6.70. The van der Waals surface area contributed by atoms with Crippen LogP contribution in [-0.2, 0) is 19.1 Å². The molecular formula is C16H16O6S. The first-order chi connectivity index (χ1) is 10.8. The minimum absolute atomic E-state index is 0.0946. The van der Waals surface area contributed by atoms with Crippen LogP contribution >= 0.6 is 0 Å². The number of hydrogen-bond donors (Lipinski definition) is 1. The summed E-state index contributed by atoms with van der Waals surface area (Å²) >= 11 is 0. The number of methoxy groups -OCH3 is 1. The average Bonchev–Trinajstić information content (AvgIpc) is 2.53. The molecule has 7 heteroatoms. The summed E-state index contributed by atoms with van der Waals surface area (Å²) in [6, 6.07) is 11.9. The molecule has 0 heterocycles. The summed E-state index contributed by atoms with van der Waals surface area (Å²) in [5.74, 6) is -0.870. The van der Waals surface area contributed by atoms with Gasteiger partial charge in [0.25, 0.3) is 10.1 Å². The number of ether oxygens (including phenoxy) is 1. The highest BCUT2D eigenvalue weighted by Crippen LogP contribution is 2.26. The molecule has 0 aliphatic carbocycles. The number of rotatable bonds is 6. The molecule has 0 saturated heterocycles. The van der Waals surface area contributed by atoms with Gasteiger partial charge in [0.2, 0.25) is 0 Å². The van der Waals surface area contributed by atoms with E-state index >= 15 is 0 Å². The molecule has 0 fully saturated rings. The van der Waals surface area contributed by atoms with Crippen LogP contribution in [0.3, 0.4) is 0 Å². The zero-order valence-electron chi connectivity index (χ0n) is 12.6. The molecule has 23 heavy (non-hydrogen) atoms. The monoisotopic (exact) mass is 336 g/mol. The minimum atomic E-state index is -4.20. The standard InChI is InChI=1S/C16H16O6S/c1-11-3-9-14(10-4-11)23(19,20)22-15(16(17)18)12-5-7-13(21-2)8-6-12/h3-10,15H,1-2H3,(H,17,18). The van der Waals surface area contributed by atoms with Crippen LogP contribution < -0.4 is 4.74 Å². The van der Waals surface area contributed by atoms with Gasteiger partial charge in [-0.2, -0.15) is 8.42 Å². The van der Waals surface area contributed by atoms with Gasteiger partial charge in [-0.15, -0.1) is 0 Å². The van der Waals surface area contributed by atoms with Gasteiger partial charge >= 0.3 is 5.97 Å². The summed E-state index contributed by atoms with van der Waals surface area (Å²) in [6.07, 6.45) is -1.63. The van der Waals surface area contributed by atoms with Crippen LogP contribution in [0.4, 0.5) is 0 Å². The number of hydrogen-bond acceptors (Lipinski definition) is 5. The van der Waals surface area contributed by atoms with Gasteiger partial charge < -0.3 is 9.84 Å². The number of carboxylic acid groups (broad SMARTS) is 1. The lowest BCUT2D eigenvalue weighted by molar-refractivity contribution is -0.145. The highest BCUT2D eigenvalue weighted by molar-refractivity contribution is 7.86. The lowest BCUT2D eigenvalue weighted by Crippen LogP contribution is -2.19. The maximum Gasteiger partial charge on any atom is 0.339 e. The van der Waals surface area contributed by atoms with E-state index in [1.807, 2.05) is 6.92 Å². The largest absolute Gasteiger partial charge is 0.497 e. The van der Waals surface area contributed by atoms with Gasteiger partial charge in [-0.3, -0.25) is 0 Å². The van der Waals surface area contributed by atoms with E-state index in [9.17, 15) is 18.3 Å². The Labute approximate surface area is 134 Å². The highest BCUT2D eigenvalue weighted by atomic mass is 32.2. The smallest absolute Gasteiger partial charge is 0.339 e. The van der Waals surface area contributed by atoms with E-state index < -0.39 is 22.2 Å². The van der Waals surface area contributed by atoms with Crippen LogP contribution in [-0.4, -0.2) is 26.6 Å². The summed E-state index contributed by atoms with van der Waals surface area (Å²) in [6.45, 7) is 1.81. The molecular weight excluding hydrogens is 320 g/mol. The molecule has 0 amide bonds. The third-order valence-electron chi connectivity index (χ3n) is 3.18. The summed E-state index contributed by atoms with van der Waals surface area (Å²) in [7, 11) is -2.72. The van der Waals surface area contributed by atoms with Gasteiger partial charge in [0.05, 0.1) is 12.0 Å². The lowest BCUT2D eigenvalue weighted by Gasteiger charge is -2.14. The Morgan fingerprint density at radius 2 is 1.61 bits per heavy atom. The SMILES string of the molecule is COc1ccc(C(OS(=O)(=O)c2ccc(C)cc2)C(=O)O)cc1. The van der Waals surface area contributed by atoms with Crippen molar-refractivity contribution in [2.24, 2.45) is 0 Å². The number of benzene rings is 2. The molecule has 6 nitrogen and oxygen atoms in total. The molecule has 0 aliphatic heterocycles. The zero-order chi connectivity index (χ0) is 17.0. The second-order valence-electron chi connectivity index (χ2n) is 4.85. The molecule has 0 aromatic heterocycles. The Balaban J connectivity index is 2.31. The predicted octanol–water partition coefficient (Wildman–Crippen LogP) is 2.53. The molecule has 0 aliphatic rings. The third kappa shape index (κ3) is 4.08. The van der Waals surface area contributed by atoms with Crippen molar-refractivity contribution in [3.8, 4) is 5.75 Å². The van der Waals surface area contributed by atoms with Crippen molar-refractivity contribution >= 4 is 16.1 Å². The van der Waals surface area contributed by atoms with Crippen molar-refractivity contribution in [1.82, 2.24) is 0 Å². The lowest BCUT2D eigenvalue weighted by atomic mass is 10.1. The predicted molar refractivity (Wildman–Crippen MR) is 82.8 cm³/mol. The zero-order valence-corrected chi connectivity index (χ0v) is 13.4. The molecule has 2 rings (SSSR count). The molecule has 0 radical (unpaired) electrons. The van der Waals surface area contributed by atoms with E-state index in [-0.39, 0.29) is 10.5 Å². The first-order valence-corrected chi connectivity index (χ1v) is 8.11. The van der Waals surface area contributed by atoms with Crippen LogP contribution in [0.25, 0.3) is 0 Å². The number of aliphatic carboxylic acids is 1. The Kier molecular flexibility index (Phi) is 5.02. The first kappa shape index (κ1) is 17.0. The van der Waals surface area contributed by atoms with Crippen molar-refractivity contribution in [2.45, 2.75) is 17.9 Å². The number of aryl methyl sites for hydroxylation is 1. The molecule has 2 aromatic rings. The van der Waals surface area contributed by atoms with Gasteiger partial charge in [0.1, 0.15) is 5.75 Å². The fraction of sp³-hybridized carbons (Fsp3) is 0.188. The van der Waals surface area contributed by atoms with Crippen LogP contribution in [0.5, 0.6) is 5.75 Å². The van der Waals surface area contributed by atoms with Crippen LogP contribution in [0.1, 0.15) is 17.2 Å². The average molecular weight is 336 g/mol. The molecule has 0 bridgehead atoms. The maximum absolute atomic E-state index is 12.2. The van der Waals surface area contributed by atoms with Crippen LogP contribution in [0.2, 0.25) is 0 Å². The number of carboxylic acids is 1. The van der Waals surface area contributed by atoms with Crippen molar-refractivity contribution in [2.75, 3.05) is 7.11 Å². The molecule has 2 aromatic carbocycles. The fourth-order valence-electron chi connectivity index (χ4n) is 1.91. The van der Waals surface area contributed by atoms with Crippen molar-refractivity contribution in [3.63, 3.8) is 0 Å². The fourth-order valence-corrected chi connectivity index (χ4v) is 2.93. The minimum Gasteiger partial charge on any atom is -0.497 e. The summed E-state index contributed by atoms with van der Waals surface area (Å²) < 4.78 is 34.4. The molecule has 122 valence electrons. The summed E-state index contributed by atoms with van der Waals surface area (Å²) in [5, 5.41) is 9.29.